The van der Waals surface area contributed by atoms with Gasteiger partial charge in [0.2, 0.25) is 5.91 Å². The van der Waals surface area contributed by atoms with E-state index < -0.39 is 12.2 Å². The number of fused-ring (bicyclic) bond motifs is 1. The van der Waals surface area contributed by atoms with Crippen molar-refractivity contribution in [3.05, 3.63) is 29.8 Å². The molecule has 0 radical (unpaired) electrons. The second kappa shape index (κ2) is 8.09. The molecule has 2 saturated heterocycles. The predicted octanol–water partition coefficient (Wildman–Crippen LogP) is 2.81. The minimum absolute atomic E-state index is 0.0797. The lowest BCUT2D eigenvalue weighted by Gasteiger charge is -2.27. The Morgan fingerprint density at radius 2 is 1.79 bits per heavy atom. The third-order valence-corrected chi connectivity index (χ3v) is 5.89. The highest BCUT2D eigenvalue weighted by Gasteiger charge is 2.50. The molecule has 0 spiro atoms. The van der Waals surface area contributed by atoms with E-state index in [9.17, 15) is 9.59 Å². The molecule has 4 atom stereocenters. The Morgan fingerprint density at radius 1 is 1.07 bits per heavy atom. The van der Waals surface area contributed by atoms with Crippen molar-refractivity contribution in [1.29, 1.82) is 0 Å². The summed E-state index contributed by atoms with van der Waals surface area (Å²) in [6, 6.07) is 7.53. The molecule has 28 heavy (non-hydrogen) atoms. The molecule has 4 unspecified atom stereocenters. The largest absolute Gasteiger partial charge is 0.441 e. The van der Waals surface area contributed by atoms with Crippen molar-refractivity contribution in [3.8, 4) is 0 Å². The molecule has 0 bridgehead atoms. The number of carbonyl (C=O) groups excluding carboxylic acids is 2. The monoisotopic (exact) mass is 388 g/mol. The molecule has 7 heteroatoms. The van der Waals surface area contributed by atoms with Crippen LogP contribution in [0.15, 0.2) is 24.3 Å². The molecule has 1 aromatic rings. The number of carbonyl (C=O) groups is 2. The molecule has 2 aliphatic heterocycles. The third kappa shape index (κ3) is 4.00. The zero-order chi connectivity index (χ0) is 19.7. The molecule has 2 amide bonds. The van der Waals surface area contributed by atoms with E-state index in [0.29, 0.717) is 18.2 Å². The van der Waals surface area contributed by atoms with Gasteiger partial charge < -0.3 is 19.5 Å². The second-order valence-electron chi connectivity index (χ2n) is 8.18. The van der Waals surface area contributed by atoms with Gasteiger partial charge in [-0.05, 0) is 36.5 Å². The van der Waals surface area contributed by atoms with Gasteiger partial charge in [0.15, 0.2) is 6.10 Å². The van der Waals surface area contributed by atoms with Crippen LogP contribution < -0.4 is 10.6 Å². The van der Waals surface area contributed by atoms with E-state index in [1.165, 1.54) is 5.56 Å². The van der Waals surface area contributed by atoms with Gasteiger partial charge >= 0.3 is 6.09 Å². The summed E-state index contributed by atoms with van der Waals surface area (Å²) >= 11 is 0. The molecule has 2 N–H and O–H groups in total. The smallest absolute Gasteiger partial charge is 0.412 e. The number of ether oxygens (including phenoxy) is 3. The summed E-state index contributed by atoms with van der Waals surface area (Å²) in [5.41, 5.74) is 1.89. The molecule has 1 aliphatic carbocycles. The van der Waals surface area contributed by atoms with Crippen molar-refractivity contribution in [2.24, 2.45) is 5.92 Å². The molecule has 4 rings (SSSR count). The maximum atomic E-state index is 12.3. The Kier molecular flexibility index (Phi) is 5.55. The average Bonchev–Trinajstić information content (AvgIpc) is 3.17. The topological polar surface area (TPSA) is 85.9 Å². The standard InChI is InChI=1S/C21H28N2O5/c1-12(2)13-6-8-15(9-7-13)22-21(25)28-17-11-27-18-16(10-26-19(17)18)23-20(24)14-4-3-5-14/h6-9,12,14,16-19H,3-5,10-11H2,1-2H3,(H,22,25)(H,23,24). The highest BCUT2D eigenvalue weighted by atomic mass is 16.6. The quantitative estimate of drug-likeness (QED) is 0.810. The van der Waals surface area contributed by atoms with Gasteiger partial charge in [0.1, 0.15) is 12.2 Å². The molecule has 0 aromatic heterocycles. The van der Waals surface area contributed by atoms with E-state index in [1.54, 1.807) is 0 Å². The van der Waals surface area contributed by atoms with E-state index in [2.05, 4.69) is 24.5 Å². The molecule has 3 fully saturated rings. The number of benzene rings is 1. The van der Waals surface area contributed by atoms with Gasteiger partial charge in [-0.15, -0.1) is 0 Å². The van der Waals surface area contributed by atoms with Crippen molar-refractivity contribution in [3.63, 3.8) is 0 Å². The fraction of sp³-hybridized carbons (Fsp3) is 0.619. The van der Waals surface area contributed by atoms with Gasteiger partial charge in [-0.25, -0.2) is 4.79 Å². The van der Waals surface area contributed by atoms with Gasteiger partial charge in [0.05, 0.1) is 19.3 Å². The summed E-state index contributed by atoms with van der Waals surface area (Å²) in [5.74, 6) is 0.641. The van der Waals surface area contributed by atoms with E-state index in [-0.39, 0.29) is 36.7 Å². The first-order valence-corrected chi connectivity index (χ1v) is 10.1. The summed E-state index contributed by atoms with van der Waals surface area (Å²) in [5, 5.41) is 5.78. The van der Waals surface area contributed by atoms with E-state index >= 15 is 0 Å². The fourth-order valence-corrected chi connectivity index (χ4v) is 3.90. The van der Waals surface area contributed by atoms with Gasteiger partial charge in [-0.2, -0.15) is 0 Å². The van der Waals surface area contributed by atoms with Crippen molar-refractivity contribution in [1.82, 2.24) is 5.32 Å². The summed E-state index contributed by atoms with van der Waals surface area (Å²) in [7, 11) is 0. The first kappa shape index (κ1) is 19.2. The Hall–Kier alpha value is -2.12. The first-order chi connectivity index (χ1) is 13.5. The minimum atomic E-state index is -0.530. The molecule has 152 valence electrons. The predicted molar refractivity (Wildman–Crippen MR) is 103 cm³/mol. The van der Waals surface area contributed by atoms with E-state index in [0.717, 1.165) is 19.3 Å². The van der Waals surface area contributed by atoms with Crippen LogP contribution in [0.1, 0.15) is 44.6 Å². The highest BCUT2D eigenvalue weighted by molar-refractivity contribution is 5.84. The third-order valence-electron chi connectivity index (χ3n) is 5.89. The zero-order valence-corrected chi connectivity index (χ0v) is 16.4. The van der Waals surface area contributed by atoms with Crippen molar-refractivity contribution in [2.45, 2.75) is 63.4 Å². The molecule has 1 aromatic carbocycles. The van der Waals surface area contributed by atoms with Gasteiger partial charge in [0, 0.05) is 11.6 Å². The van der Waals surface area contributed by atoms with Crippen molar-refractivity contribution in [2.75, 3.05) is 18.5 Å². The highest BCUT2D eigenvalue weighted by Crippen LogP contribution is 2.31. The Bertz CT molecular complexity index is 716. The average molecular weight is 388 g/mol. The Balaban J connectivity index is 1.27. The van der Waals surface area contributed by atoms with Crippen LogP contribution in [0, 0.1) is 5.92 Å². The van der Waals surface area contributed by atoms with Crippen LogP contribution in [0.3, 0.4) is 0 Å². The van der Waals surface area contributed by atoms with Gasteiger partial charge in [-0.1, -0.05) is 32.4 Å². The molecule has 3 aliphatic rings. The summed E-state index contributed by atoms with van der Waals surface area (Å²) in [4.78, 5) is 24.4. The molecular weight excluding hydrogens is 360 g/mol. The Labute approximate surface area is 165 Å². The summed E-state index contributed by atoms with van der Waals surface area (Å²) in [6.45, 7) is 4.89. The number of hydrogen-bond donors (Lipinski definition) is 2. The van der Waals surface area contributed by atoms with E-state index in [1.807, 2.05) is 24.3 Å². The number of anilines is 1. The minimum Gasteiger partial charge on any atom is -0.441 e. The molecule has 2 heterocycles. The Morgan fingerprint density at radius 3 is 2.43 bits per heavy atom. The van der Waals surface area contributed by atoms with Crippen LogP contribution in [0.5, 0.6) is 0 Å². The number of nitrogens with one attached hydrogen (secondary N) is 2. The normalized spacial score (nSPS) is 29.2. The second-order valence-corrected chi connectivity index (χ2v) is 8.18. The van der Waals surface area contributed by atoms with Gasteiger partial charge in [-0.3, -0.25) is 10.1 Å². The molecule has 7 nitrogen and oxygen atoms in total. The van der Waals surface area contributed by atoms with Crippen molar-refractivity contribution < 1.29 is 23.8 Å². The lowest BCUT2D eigenvalue weighted by molar-refractivity contribution is -0.128. The zero-order valence-electron chi connectivity index (χ0n) is 16.4. The summed E-state index contributed by atoms with van der Waals surface area (Å²) in [6.07, 6.45) is 1.40. The van der Waals surface area contributed by atoms with Crippen LogP contribution in [0.25, 0.3) is 0 Å². The van der Waals surface area contributed by atoms with Crippen LogP contribution in [0.2, 0.25) is 0 Å². The van der Waals surface area contributed by atoms with Crippen LogP contribution >= 0.6 is 0 Å². The fourth-order valence-electron chi connectivity index (χ4n) is 3.90. The van der Waals surface area contributed by atoms with Crippen LogP contribution in [-0.2, 0) is 19.0 Å². The maximum absolute atomic E-state index is 12.3. The van der Waals surface area contributed by atoms with E-state index in [4.69, 9.17) is 14.2 Å². The lowest BCUT2D eigenvalue weighted by Crippen LogP contribution is -2.47. The first-order valence-electron chi connectivity index (χ1n) is 10.1. The van der Waals surface area contributed by atoms with Crippen LogP contribution in [0.4, 0.5) is 10.5 Å². The SMILES string of the molecule is CC(C)c1ccc(NC(=O)OC2COC3C(NC(=O)C4CCC4)COC23)cc1. The molecule has 1 saturated carbocycles. The molecular formula is C21H28N2O5. The lowest BCUT2D eigenvalue weighted by atomic mass is 9.84. The number of hydrogen-bond acceptors (Lipinski definition) is 5. The summed E-state index contributed by atoms with van der Waals surface area (Å²) < 4.78 is 17.1. The maximum Gasteiger partial charge on any atom is 0.412 e. The van der Waals surface area contributed by atoms with Crippen molar-refractivity contribution >= 4 is 17.7 Å². The number of rotatable bonds is 5. The van der Waals surface area contributed by atoms with Crippen LogP contribution in [-0.4, -0.2) is 49.6 Å². The number of amides is 2. The van der Waals surface area contributed by atoms with Gasteiger partial charge in [0.25, 0.3) is 0 Å².